The van der Waals surface area contributed by atoms with Gasteiger partial charge in [-0.3, -0.25) is 19.4 Å². The summed E-state index contributed by atoms with van der Waals surface area (Å²) in [4.78, 5) is 42.4. The Hall–Kier alpha value is -4.58. The number of benzene rings is 3. The molecule has 4 rings (SSSR count). The van der Waals surface area contributed by atoms with Crippen molar-refractivity contribution in [1.82, 2.24) is 4.98 Å². The number of hydrogen-bond donors (Lipinski definition) is 2. The molecular weight excluding hydrogens is 414 g/mol. The first-order valence-electron chi connectivity index (χ1n) is 10.3. The van der Waals surface area contributed by atoms with Crippen LogP contribution in [0, 0.1) is 6.92 Å². The number of para-hydroxylation sites is 1. The van der Waals surface area contributed by atoms with Crippen LogP contribution in [0.3, 0.4) is 0 Å². The van der Waals surface area contributed by atoms with Gasteiger partial charge in [0.15, 0.2) is 5.78 Å². The van der Waals surface area contributed by atoms with Crippen LogP contribution in [0.5, 0.6) is 0 Å². The van der Waals surface area contributed by atoms with Gasteiger partial charge < -0.3 is 10.6 Å². The third kappa shape index (κ3) is 5.02. The quantitative estimate of drug-likeness (QED) is 0.411. The van der Waals surface area contributed by atoms with E-state index in [9.17, 15) is 14.4 Å². The summed E-state index contributed by atoms with van der Waals surface area (Å²) < 4.78 is 0. The van der Waals surface area contributed by atoms with Gasteiger partial charge in [-0.15, -0.1) is 0 Å². The van der Waals surface area contributed by atoms with E-state index in [0.717, 1.165) is 5.56 Å². The van der Waals surface area contributed by atoms with Gasteiger partial charge in [0.25, 0.3) is 11.8 Å². The number of pyridine rings is 1. The lowest BCUT2D eigenvalue weighted by atomic mass is 10.0. The van der Waals surface area contributed by atoms with Gasteiger partial charge in [0.05, 0.1) is 11.3 Å². The Balaban J connectivity index is 1.57. The van der Waals surface area contributed by atoms with E-state index in [0.29, 0.717) is 33.6 Å². The monoisotopic (exact) mass is 435 g/mol. The van der Waals surface area contributed by atoms with Crippen molar-refractivity contribution in [2.45, 2.75) is 6.92 Å². The summed E-state index contributed by atoms with van der Waals surface area (Å²) in [5, 5.41) is 5.66. The molecule has 2 N–H and O–H groups in total. The molecule has 162 valence electrons. The molecule has 6 nitrogen and oxygen atoms in total. The van der Waals surface area contributed by atoms with Crippen molar-refractivity contribution in [3.05, 3.63) is 125 Å². The highest BCUT2D eigenvalue weighted by atomic mass is 16.2. The summed E-state index contributed by atoms with van der Waals surface area (Å²) in [7, 11) is 0. The predicted octanol–water partition coefficient (Wildman–Crippen LogP) is 5.13. The van der Waals surface area contributed by atoms with Crippen LogP contribution in [0.25, 0.3) is 0 Å². The van der Waals surface area contributed by atoms with Gasteiger partial charge in [-0.25, -0.2) is 0 Å². The summed E-state index contributed by atoms with van der Waals surface area (Å²) >= 11 is 0. The Labute approximate surface area is 191 Å². The van der Waals surface area contributed by atoms with Gasteiger partial charge in [-0.2, -0.15) is 0 Å². The van der Waals surface area contributed by atoms with Crippen LogP contribution in [0.2, 0.25) is 0 Å². The van der Waals surface area contributed by atoms with E-state index in [2.05, 4.69) is 15.6 Å². The number of anilines is 2. The zero-order valence-electron chi connectivity index (χ0n) is 17.9. The molecule has 0 saturated heterocycles. The molecule has 0 unspecified atom stereocenters. The number of hydrogen-bond acceptors (Lipinski definition) is 4. The molecule has 0 aliphatic heterocycles. The lowest BCUT2D eigenvalue weighted by Gasteiger charge is -2.14. The lowest BCUT2D eigenvalue weighted by molar-refractivity contribution is 0.101. The molecule has 0 bridgehead atoms. The maximum atomic E-state index is 13.1. The van der Waals surface area contributed by atoms with Crippen LogP contribution in [0.15, 0.2) is 97.3 Å². The number of carbonyl (C=O) groups is 3. The molecule has 3 aromatic carbocycles. The van der Waals surface area contributed by atoms with Crippen LogP contribution < -0.4 is 10.6 Å². The molecular formula is C27H21N3O3. The number of aryl methyl sites for hydroxylation is 1. The van der Waals surface area contributed by atoms with Gasteiger partial charge in [0.2, 0.25) is 0 Å². The third-order valence-electron chi connectivity index (χ3n) is 5.12. The summed E-state index contributed by atoms with van der Waals surface area (Å²) in [6.07, 6.45) is 3.06. The average Bonchev–Trinajstić information content (AvgIpc) is 2.86. The minimum Gasteiger partial charge on any atom is -0.322 e. The Morgan fingerprint density at radius 3 is 2.12 bits per heavy atom. The average molecular weight is 435 g/mol. The Morgan fingerprint density at radius 1 is 0.667 bits per heavy atom. The zero-order valence-corrected chi connectivity index (χ0v) is 17.9. The minimum atomic E-state index is -0.395. The highest BCUT2D eigenvalue weighted by Crippen LogP contribution is 2.23. The molecule has 4 aromatic rings. The number of rotatable bonds is 6. The molecule has 0 radical (unpaired) electrons. The van der Waals surface area contributed by atoms with Crippen molar-refractivity contribution < 1.29 is 14.4 Å². The normalized spacial score (nSPS) is 10.3. The standard InChI is InChI=1S/C27H21N3O3/c1-18-7-5-12-23(24(18)30-26(32)20-13-15-28-16-14-20)27(33)29-22-11-6-10-21(17-22)25(31)19-8-3-2-4-9-19/h2-17H,1H3,(H,29,33)(H,30,32). The summed E-state index contributed by atoms with van der Waals surface area (Å²) in [5.41, 5.74) is 3.44. The second-order valence-electron chi connectivity index (χ2n) is 7.42. The molecule has 0 aliphatic rings. The second kappa shape index (κ2) is 9.70. The van der Waals surface area contributed by atoms with Gasteiger partial charge in [-0.1, -0.05) is 54.6 Å². The fourth-order valence-electron chi connectivity index (χ4n) is 3.40. The van der Waals surface area contributed by atoms with Crippen LogP contribution in [-0.2, 0) is 0 Å². The van der Waals surface area contributed by atoms with E-state index in [1.807, 2.05) is 19.1 Å². The lowest BCUT2D eigenvalue weighted by Crippen LogP contribution is -2.19. The zero-order chi connectivity index (χ0) is 23.2. The third-order valence-corrected chi connectivity index (χ3v) is 5.12. The molecule has 0 saturated carbocycles. The van der Waals surface area contributed by atoms with Gasteiger partial charge in [-0.05, 0) is 42.8 Å². The highest BCUT2D eigenvalue weighted by Gasteiger charge is 2.17. The van der Waals surface area contributed by atoms with E-state index in [1.165, 1.54) is 12.4 Å². The summed E-state index contributed by atoms with van der Waals surface area (Å²) in [6.45, 7) is 1.82. The molecule has 0 fully saturated rings. The van der Waals surface area contributed by atoms with Gasteiger partial charge in [0.1, 0.15) is 0 Å². The van der Waals surface area contributed by atoms with Crippen molar-refractivity contribution in [2.24, 2.45) is 0 Å². The smallest absolute Gasteiger partial charge is 0.257 e. The first kappa shape index (κ1) is 21.6. The van der Waals surface area contributed by atoms with Crippen molar-refractivity contribution >= 4 is 29.0 Å². The molecule has 0 atom stereocenters. The number of ketones is 1. The van der Waals surface area contributed by atoms with E-state index in [1.54, 1.807) is 72.8 Å². The van der Waals surface area contributed by atoms with Gasteiger partial charge >= 0.3 is 0 Å². The highest BCUT2D eigenvalue weighted by molar-refractivity contribution is 6.14. The maximum Gasteiger partial charge on any atom is 0.257 e. The first-order chi connectivity index (χ1) is 16.0. The van der Waals surface area contributed by atoms with E-state index in [4.69, 9.17) is 0 Å². The Bertz CT molecular complexity index is 1320. The molecule has 0 aliphatic carbocycles. The molecule has 0 spiro atoms. The molecule has 33 heavy (non-hydrogen) atoms. The van der Waals surface area contributed by atoms with Crippen LogP contribution in [0.4, 0.5) is 11.4 Å². The fourth-order valence-corrected chi connectivity index (χ4v) is 3.40. The Morgan fingerprint density at radius 2 is 1.36 bits per heavy atom. The van der Waals surface area contributed by atoms with E-state index in [-0.39, 0.29) is 11.7 Å². The number of nitrogens with one attached hydrogen (secondary N) is 2. The van der Waals surface area contributed by atoms with Gasteiger partial charge in [0, 0.05) is 34.8 Å². The van der Waals surface area contributed by atoms with Crippen LogP contribution in [-0.4, -0.2) is 22.6 Å². The number of amides is 2. The summed E-state index contributed by atoms with van der Waals surface area (Å²) in [6, 6.07) is 24.1. The molecule has 2 amide bonds. The SMILES string of the molecule is Cc1cccc(C(=O)Nc2cccc(C(=O)c3ccccc3)c2)c1NC(=O)c1ccncc1. The van der Waals surface area contributed by atoms with Crippen LogP contribution in [0.1, 0.15) is 42.2 Å². The van der Waals surface area contributed by atoms with E-state index < -0.39 is 5.91 Å². The number of aromatic nitrogens is 1. The number of nitrogens with zero attached hydrogens (tertiary/aromatic N) is 1. The molecule has 6 heteroatoms. The maximum absolute atomic E-state index is 13.1. The Kier molecular flexibility index (Phi) is 6.36. The number of carbonyl (C=O) groups excluding carboxylic acids is 3. The van der Waals surface area contributed by atoms with E-state index >= 15 is 0 Å². The van der Waals surface area contributed by atoms with Crippen molar-refractivity contribution in [1.29, 1.82) is 0 Å². The van der Waals surface area contributed by atoms with Crippen molar-refractivity contribution in [2.75, 3.05) is 10.6 Å². The van der Waals surface area contributed by atoms with Crippen molar-refractivity contribution in [3.63, 3.8) is 0 Å². The summed E-state index contributed by atoms with van der Waals surface area (Å²) in [5.74, 6) is -0.864. The van der Waals surface area contributed by atoms with Crippen LogP contribution >= 0.6 is 0 Å². The molecule has 1 heterocycles. The topological polar surface area (TPSA) is 88.2 Å². The fraction of sp³-hybridized carbons (Fsp3) is 0.0370. The van der Waals surface area contributed by atoms with Crippen molar-refractivity contribution in [3.8, 4) is 0 Å². The first-order valence-corrected chi connectivity index (χ1v) is 10.3. The largest absolute Gasteiger partial charge is 0.322 e. The molecule has 1 aromatic heterocycles. The second-order valence-corrected chi connectivity index (χ2v) is 7.42. The predicted molar refractivity (Wildman–Crippen MR) is 128 cm³/mol. The minimum absolute atomic E-state index is 0.132.